The van der Waals surface area contributed by atoms with E-state index < -0.39 is 23.4 Å². The highest BCUT2D eigenvalue weighted by Gasteiger charge is 2.49. The number of ether oxygens (including phenoxy) is 1. The van der Waals surface area contributed by atoms with Crippen molar-refractivity contribution in [2.45, 2.75) is 12.5 Å². The number of imide groups is 1. The SMILES string of the molecule is COc1cccc(NC(=O)CN2C(=O)NC(C)(c3cccc(Br)c3)C2=O)c1. The van der Waals surface area contributed by atoms with Crippen LogP contribution < -0.4 is 15.4 Å². The van der Waals surface area contributed by atoms with Gasteiger partial charge in [0.2, 0.25) is 5.91 Å². The lowest BCUT2D eigenvalue weighted by molar-refractivity contribution is -0.133. The summed E-state index contributed by atoms with van der Waals surface area (Å²) in [5.74, 6) is -0.373. The molecule has 2 N–H and O–H groups in total. The Morgan fingerprint density at radius 3 is 2.67 bits per heavy atom. The number of carbonyl (C=O) groups excluding carboxylic acids is 3. The summed E-state index contributed by atoms with van der Waals surface area (Å²) in [6, 6.07) is 13.3. The third-order valence-electron chi connectivity index (χ3n) is 4.33. The molecule has 1 unspecified atom stereocenters. The van der Waals surface area contributed by atoms with E-state index in [0.717, 1.165) is 9.37 Å². The smallest absolute Gasteiger partial charge is 0.325 e. The van der Waals surface area contributed by atoms with E-state index in [-0.39, 0.29) is 6.54 Å². The molecule has 0 spiro atoms. The quantitative estimate of drug-likeness (QED) is 0.712. The van der Waals surface area contributed by atoms with Gasteiger partial charge < -0.3 is 15.4 Å². The first-order chi connectivity index (χ1) is 12.8. The maximum Gasteiger partial charge on any atom is 0.325 e. The molecule has 140 valence electrons. The Bertz CT molecular complexity index is 917. The fourth-order valence-electron chi connectivity index (χ4n) is 2.88. The monoisotopic (exact) mass is 431 g/mol. The van der Waals surface area contributed by atoms with E-state index in [4.69, 9.17) is 4.74 Å². The van der Waals surface area contributed by atoms with Crippen LogP contribution in [0, 0.1) is 0 Å². The zero-order chi connectivity index (χ0) is 19.6. The van der Waals surface area contributed by atoms with Crippen LogP contribution in [0.5, 0.6) is 5.75 Å². The number of urea groups is 1. The predicted molar refractivity (Wildman–Crippen MR) is 103 cm³/mol. The minimum atomic E-state index is -1.23. The molecule has 2 aromatic carbocycles. The molecule has 1 saturated heterocycles. The van der Waals surface area contributed by atoms with Crippen molar-refractivity contribution >= 4 is 39.5 Å². The Morgan fingerprint density at radius 2 is 1.96 bits per heavy atom. The number of rotatable bonds is 5. The molecule has 1 aliphatic rings. The molecule has 0 saturated carbocycles. The average molecular weight is 432 g/mol. The highest BCUT2D eigenvalue weighted by atomic mass is 79.9. The molecular weight excluding hydrogens is 414 g/mol. The van der Waals surface area contributed by atoms with E-state index in [1.165, 1.54) is 7.11 Å². The number of hydrogen-bond donors (Lipinski definition) is 2. The van der Waals surface area contributed by atoms with E-state index >= 15 is 0 Å². The van der Waals surface area contributed by atoms with Gasteiger partial charge in [-0.3, -0.25) is 14.5 Å². The molecule has 27 heavy (non-hydrogen) atoms. The van der Waals surface area contributed by atoms with Gasteiger partial charge in [-0.25, -0.2) is 4.79 Å². The van der Waals surface area contributed by atoms with Crippen LogP contribution in [0.2, 0.25) is 0 Å². The molecule has 0 radical (unpaired) electrons. The van der Waals surface area contributed by atoms with Gasteiger partial charge >= 0.3 is 6.03 Å². The van der Waals surface area contributed by atoms with Crippen molar-refractivity contribution in [1.82, 2.24) is 10.2 Å². The van der Waals surface area contributed by atoms with E-state index in [9.17, 15) is 14.4 Å². The minimum absolute atomic E-state index is 0.383. The van der Waals surface area contributed by atoms with Crippen molar-refractivity contribution in [3.63, 3.8) is 0 Å². The average Bonchev–Trinajstić information content (AvgIpc) is 2.86. The van der Waals surface area contributed by atoms with Crippen LogP contribution in [-0.2, 0) is 15.1 Å². The van der Waals surface area contributed by atoms with E-state index in [1.54, 1.807) is 49.4 Å². The summed E-state index contributed by atoms with van der Waals surface area (Å²) in [6.45, 7) is 1.24. The van der Waals surface area contributed by atoms with Crippen LogP contribution in [0.15, 0.2) is 53.0 Å². The molecule has 1 aliphatic heterocycles. The Hall–Kier alpha value is -2.87. The molecule has 2 aromatic rings. The molecule has 1 fully saturated rings. The van der Waals surface area contributed by atoms with Gasteiger partial charge in [0.15, 0.2) is 0 Å². The summed E-state index contributed by atoms with van der Waals surface area (Å²) in [6.07, 6.45) is 0. The molecule has 1 atom stereocenters. The van der Waals surface area contributed by atoms with Gasteiger partial charge in [0, 0.05) is 16.2 Å². The van der Waals surface area contributed by atoms with Crippen molar-refractivity contribution in [3.8, 4) is 5.75 Å². The molecule has 4 amide bonds. The lowest BCUT2D eigenvalue weighted by Crippen LogP contribution is -2.42. The first-order valence-electron chi connectivity index (χ1n) is 8.17. The molecule has 0 aromatic heterocycles. The van der Waals surface area contributed by atoms with Gasteiger partial charge in [-0.2, -0.15) is 0 Å². The second-order valence-electron chi connectivity index (χ2n) is 6.24. The number of anilines is 1. The molecule has 0 aliphatic carbocycles. The molecule has 7 nitrogen and oxygen atoms in total. The predicted octanol–water partition coefficient (Wildman–Crippen LogP) is 2.86. The van der Waals surface area contributed by atoms with Gasteiger partial charge in [0.05, 0.1) is 7.11 Å². The topological polar surface area (TPSA) is 87.7 Å². The highest BCUT2D eigenvalue weighted by molar-refractivity contribution is 9.10. The summed E-state index contributed by atoms with van der Waals surface area (Å²) in [5.41, 5.74) is -0.0796. The minimum Gasteiger partial charge on any atom is -0.497 e. The van der Waals surface area contributed by atoms with Gasteiger partial charge in [0.1, 0.15) is 17.8 Å². The third-order valence-corrected chi connectivity index (χ3v) is 4.83. The van der Waals surface area contributed by atoms with Crippen LogP contribution in [0.3, 0.4) is 0 Å². The third kappa shape index (κ3) is 3.80. The molecule has 3 rings (SSSR count). The Labute approximate surface area is 164 Å². The normalized spacial score (nSPS) is 19.0. The van der Waals surface area contributed by atoms with Crippen molar-refractivity contribution in [3.05, 3.63) is 58.6 Å². The summed E-state index contributed by atoms with van der Waals surface area (Å²) < 4.78 is 5.90. The number of halogens is 1. The van der Waals surface area contributed by atoms with Gasteiger partial charge in [-0.15, -0.1) is 0 Å². The lowest BCUT2D eigenvalue weighted by Gasteiger charge is -2.22. The Kier molecular flexibility index (Phi) is 5.18. The number of carbonyl (C=O) groups is 3. The number of amides is 4. The van der Waals surface area contributed by atoms with Crippen molar-refractivity contribution in [2.24, 2.45) is 0 Å². The van der Waals surface area contributed by atoms with Crippen LogP contribution in [0.4, 0.5) is 10.5 Å². The maximum absolute atomic E-state index is 12.9. The fraction of sp³-hybridized carbons (Fsp3) is 0.211. The number of nitrogens with one attached hydrogen (secondary N) is 2. The van der Waals surface area contributed by atoms with Crippen LogP contribution in [0.1, 0.15) is 12.5 Å². The number of hydrogen-bond acceptors (Lipinski definition) is 4. The molecular formula is C19H18BrN3O4. The molecule has 8 heteroatoms. The first-order valence-corrected chi connectivity index (χ1v) is 8.97. The second kappa shape index (κ2) is 7.40. The van der Waals surface area contributed by atoms with Crippen LogP contribution in [-0.4, -0.2) is 36.4 Å². The summed E-state index contributed by atoms with van der Waals surface area (Å²) in [4.78, 5) is 38.4. The van der Waals surface area contributed by atoms with Crippen molar-refractivity contribution < 1.29 is 19.1 Å². The lowest BCUT2D eigenvalue weighted by atomic mass is 9.92. The second-order valence-corrected chi connectivity index (χ2v) is 7.15. The van der Waals surface area contributed by atoms with E-state index in [0.29, 0.717) is 17.0 Å². The molecule has 1 heterocycles. The standard InChI is InChI=1S/C19H18BrN3O4/c1-19(12-5-3-6-13(20)9-12)17(25)23(18(26)22-19)11-16(24)21-14-7-4-8-15(10-14)27-2/h3-10H,11H2,1-2H3,(H,21,24)(H,22,26). The summed E-state index contributed by atoms with van der Waals surface area (Å²) in [7, 11) is 1.52. The Morgan fingerprint density at radius 1 is 1.22 bits per heavy atom. The Balaban J connectivity index is 1.74. The van der Waals surface area contributed by atoms with Gasteiger partial charge in [-0.1, -0.05) is 34.1 Å². The number of methoxy groups -OCH3 is 1. The maximum atomic E-state index is 12.9. The summed E-state index contributed by atoms with van der Waals surface area (Å²) >= 11 is 3.36. The fourth-order valence-corrected chi connectivity index (χ4v) is 3.28. The number of benzene rings is 2. The molecule has 0 bridgehead atoms. The number of nitrogens with zero attached hydrogens (tertiary/aromatic N) is 1. The largest absolute Gasteiger partial charge is 0.497 e. The van der Waals surface area contributed by atoms with E-state index in [2.05, 4.69) is 26.6 Å². The zero-order valence-electron chi connectivity index (χ0n) is 14.8. The van der Waals surface area contributed by atoms with Gasteiger partial charge in [-0.05, 0) is 36.8 Å². The van der Waals surface area contributed by atoms with E-state index in [1.807, 2.05) is 6.07 Å². The van der Waals surface area contributed by atoms with Crippen LogP contribution in [0.25, 0.3) is 0 Å². The van der Waals surface area contributed by atoms with Crippen molar-refractivity contribution in [2.75, 3.05) is 19.0 Å². The summed E-state index contributed by atoms with van der Waals surface area (Å²) in [5, 5.41) is 5.34. The van der Waals surface area contributed by atoms with Gasteiger partial charge in [0.25, 0.3) is 5.91 Å². The first kappa shape index (κ1) is 18.9. The van der Waals surface area contributed by atoms with Crippen LogP contribution >= 0.6 is 15.9 Å². The zero-order valence-corrected chi connectivity index (χ0v) is 16.4. The van der Waals surface area contributed by atoms with Crippen molar-refractivity contribution in [1.29, 1.82) is 0 Å². The highest BCUT2D eigenvalue weighted by Crippen LogP contribution is 2.30.